The zero-order valence-electron chi connectivity index (χ0n) is 18.8. The predicted molar refractivity (Wildman–Crippen MR) is 121 cm³/mol. The van der Waals surface area contributed by atoms with Crippen LogP contribution in [0, 0.1) is 29.1 Å². The van der Waals surface area contributed by atoms with E-state index >= 15 is 0 Å². The van der Waals surface area contributed by atoms with Crippen LogP contribution in [0.3, 0.4) is 0 Å². The number of hydrogen-bond acceptors (Lipinski definition) is 6. The van der Waals surface area contributed by atoms with E-state index in [1.807, 2.05) is 0 Å². The van der Waals surface area contributed by atoms with Gasteiger partial charge in [0.15, 0.2) is 11.5 Å². The molecule has 4 aliphatic carbocycles. The number of ketones is 1. The number of carbonyl (C=O) groups excluding carboxylic acids is 2. The van der Waals surface area contributed by atoms with Crippen molar-refractivity contribution >= 4 is 21.8 Å². The first kappa shape index (κ1) is 22.6. The number of rotatable bonds is 3. The number of esters is 1. The van der Waals surface area contributed by atoms with Gasteiger partial charge in [-0.1, -0.05) is 13.0 Å². The van der Waals surface area contributed by atoms with Crippen molar-refractivity contribution < 1.29 is 27.9 Å². The van der Waals surface area contributed by atoms with Crippen LogP contribution >= 0.6 is 0 Å². The van der Waals surface area contributed by atoms with Crippen molar-refractivity contribution in [3.8, 4) is 0 Å². The minimum atomic E-state index is -3.90. The van der Waals surface area contributed by atoms with E-state index in [1.165, 1.54) is 18.2 Å². The second-order valence-electron chi connectivity index (χ2n) is 10.5. The first-order chi connectivity index (χ1) is 15.6. The van der Waals surface area contributed by atoms with E-state index in [4.69, 9.17) is 9.88 Å². The van der Waals surface area contributed by atoms with Crippen molar-refractivity contribution in [1.29, 1.82) is 0 Å². The van der Waals surface area contributed by atoms with E-state index in [0.717, 1.165) is 50.5 Å². The van der Waals surface area contributed by atoms with E-state index in [-0.39, 0.29) is 33.5 Å². The van der Waals surface area contributed by atoms with Gasteiger partial charge in [-0.25, -0.2) is 18.4 Å². The Kier molecular flexibility index (Phi) is 5.44. The van der Waals surface area contributed by atoms with Crippen LogP contribution in [0.5, 0.6) is 0 Å². The third-order valence-corrected chi connectivity index (χ3v) is 9.93. The molecule has 0 saturated heterocycles. The average Bonchev–Trinajstić information content (AvgIpc) is 3.11. The van der Waals surface area contributed by atoms with E-state index < -0.39 is 16.0 Å². The van der Waals surface area contributed by atoms with E-state index in [2.05, 4.69) is 6.92 Å². The Labute approximate surface area is 194 Å². The molecule has 7 nitrogen and oxygen atoms in total. The summed E-state index contributed by atoms with van der Waals surface area (Å²) >= 11 is 0. The maximum absolute atomic E-state index is 12.9. The summed E-state index contributed by atoms with van der Waals surface area (Å²) in [4.78, 5) is 24.8. The Morgan fingerprint density at radius 2 is 1.91 bits per heavy atom. The molecule has 178 valence electrons. The molecule has 0 bridgehead atoms. The first-order valence-electron chi connectivity index (χ1n) is 11.9. The number of carbonyl (C=O) groups is 2. The third-order valence-electron chi connectivity index (χ3n) is 9.02. The first-order valence-corrected chi connectivity index (χ1v) is 13.4. The molecule has 3 saturated carbocycles. The summed E-state index contributed by atoms with van der Waals surface area (Å²) < 4.78 is 29.3. The fourth-order valence-corrected chi connectivity index (χ4v) is 7.97. The fourth-order valence-electron chi connectivity index (χ4n) is 7.41. The van der Waals surface area contributed by atoms with Crippen molar-refractivity contribution in [1.82, 2.24) is 0 Å². The van der Waals surface area contributed by atoms with Crippen LogP contribution in [0.25, 0.3) is 0 Å². The number of sulfonamides is 1. The molecule has 0 radical (unpaired) electrons. The van der Waals surface area contributed by atoms with Gasteiger partial charge in [0.2, 0.25) is 10.0 Å². The maximum Gasteiger partial charge on any atom is 0.338 e. The summed E-state index contributed by atoms with van der Waals surface area (Å²) in [6.45, 7) is 2.23. The van der Waals surface area contributed by atoms with Crippen LogP contribution in [0.2, 0.25) is 0 Å². The number of allylic oxidation sites excluding steroid dienone is 1. The lowest BCUT2D eigenvalue weighted by molar-refractivity contribution is -0.120. The van der Waals surface area contributed by atoms with Crippen LogP contribution in [0.4, 0.5) is 0 Å². The van der Waals surface area contributed by atoms with Gasteiger partial charge in [0, 0.05) is 11.8 Å². The van der Waals surface area contributed by atoms with Crippen molar-refractivity contribution in [3.05, 3.63) is 41.2 Å². The van der Waals surface area contributed by atoms with E-state index in [0.29, 0.717) is 30.1 Å². The van der Waals surface area contributed by atoms with Gasteiger partial charge in [0.25, 0.3) is 0 Å². The number of aliphatic hydroxyl groups excluding tert-OH is 1. The molecule has 0 aliphatic heterocycles. The lowest BCUT2D eigenvalue weighted by Gasteiger charge is -2.53. The topological polar surface area (TPSA) is 124 Å². The normalized spacial score (nSPS) is 36.1. The number of benzene rings is 1. The average molecular weight is 474 g/mol. The molecule has 4 aliphatic rings. The van der Waals surface area contributed by atoms with Gasteiger partial charge in [-0.05, 0) is 92.4 Å². The highest BCUT2D eigenvalue weighted by Crippen LogP contribution is 2.62. The molecule has 0 amide bonds. The van der Waals surface area contributed by atoms with Crippen LogP contribution in [-0.4, -0.2) is 31.4 Å². The number of Topliss-reactive ketones (excluding diaryl/α,β-unsaturated/α-hetero) is 1. The Hall–Kier alpha value is -2.19. The largest absolute Gasteiger partial charge is 0.504 e. The van der Waals surface area contributed by atoms with Gasteiger partial charge in [0.05, 0.1) is 10.5 Å². The smallest absolute Gasteiger partial charge is 0.338 e. The Morgan fingerprint density at radius 1 is 1.12 bits per heavy atom. The summed E-state index contributed by atoms with van der Waals surface area (Å²) in [6.07, 6.45) is 6.52. The number of primary sulfonamides is 1. The van der Waals surface area contributed by atoms with Gasteiger partial charge in [-0.15, -0.1) is 0 Å². The number of hydrogen-bond donors (Lipinski definition) is 2. The number of ether oxygens (including phenoxy) is 1. The molecule has 1 aromatic carbocycles. The number of fused-ring (bicyclic) bond motifs is 5. The van der Waals surface area contributed by atoms with Crippen molar-refractivity contribution in [2.75, 3.05) is 0 Å². The summed E-state index contributed by atoms with van der Waals surface area (Å²) in [5, 5.41) is 15.6. The van der Waals surface area contributed by atoms with Crippen molar-refractivity contribution in [2.24, 2.45) is 34.2 Å². The number of nitrogens with two attached hydrogens (primary N) is 1. The highest BCUT2D eigenvalue weighted by atomic mass is 32.2. The molecule has 3 N–H and O–H groups in total. The SMILES string of the molecule is C[C@]12CCC3C(CCC4=C(O)C(=O)CC[C@@H]43)C1CC[C@@H]2OC(=O)c1cccc(S(N)(=O)=O)c1. The van der Waals surface area contributed by atoms with Gasteiger partial charge >= 0.3 is 5.97 Å². The van der Waals surface area contributed by atoms with Crippen molar-refractivity contribution in [3.63, 3.8) is 0 Å². The molecule has 0 aromatic heterocycles. The molecule has 1 aromatic rings. The molecule has 33 heavy (non-hydrogen) atoms. The highest BCUT2D eigenvalue weighted by molar-refractivity contribution is 7.89. The summed E-state index contributed by atoms with van der Waals surface area (Å²) in [7, 11) is -3.90. The second-order valence-corrected chi connectivity index (χ2v) is 12.1. The van der Waals surface area contributed by atoms with Gasteiger partial charge in [-0.2, -0.15) is 0 Å². The predicted octanol–water partition coefficient (Wildman–Crippen LogP) is 3.89. The summed E-state index contributed by atoms with van der Waals surface area (Å²) in [5.41, 5.74) is 1.05. The van der Waals surface area contributed by atoms with E-state index in [9.17, 15) is 23.1 Å². The Morgan fingerprint density at radius 3 is 2.67 bits per heavy atom. The summed E-state index contributed by atoms with van der Waals surface area (Å²) in [6, 6.07) is 5.69. The molecule has 5 rings (SSSR count). The van der Waals surface area contributed by atoms with Crippen LogP contribution in [0.1, 0.15) is 68.6 Å². The minimum absolute atomic E-state index is 0.0259. The van der Waals surface area contributed by atoms with Crippen molar-refractivity contribution in [2.45, 2.75) is 69.3 Å². The molecule has 3 fully saturated rings. The molecular weight excluding hydrogens is 442 g/mol. The molecular formula is C25H31NO6S. The second kappa shape index (κ2) is 7.94. The van der Waals surface area contributed by atoms with Gasteiger partial charge < -0.3 is 9.84 Å². The standard InChI is InChI=1S/C25H31NO6S/c1-25-12-11-17-16-7-9-21(27)23(28)19(16)6-5-18(17)20(25)8-10-22(25)32-24(29)14-3-2-4-15(13-14)33(26,30)31/h2-4,13,16-18,20,22,28H,5-12H2,1H3,(H2,26,30,31)/t16-,17?,18?,20?,22+,25+/m1/s1. The van der Waals surface area contributed by atoms with Gasteiger partial charge in [-0.3, -0.25) is 4.79 Å². The lowest BCUT2D eigenvalue weighted by atomic mass is 9.52. The molecule has 6 atom stereocenters. The lowest BCUT2D eigenvalue weighted by Crippen LogP contribution is -2.48. The van der Waals surface area contributed by atoms with Gasteiger partial charge in [0.1, 0.15) is 6.10 Å². The quantitative estimate of drug-likeness (QED) is 0.642. The van der Waals surface area contributed by atoms with E-state index in [1.54, 1.807) is 6.07 Å². The number of aliphatic hydroxyl groups is 1. The summed E-state index contributed by atoms with van der Waals surface area (Å²) in [5.74, 6) is 1.12. The molecule has 3 unspecified atom stereocenters. The zero-order valence-corrected chi connectivity index (χ0v) is 19.6. The van der Waals surface area contributed by atoms with Crippen LogP contribution in [0.15, 0.2) is 40.5 Å². The zero-order chi connectivity index (χ0) is 23.5. The molecule has 0 spiro atoms. The van der Waals surface area contributed by atoms with Crippen LogP contribution in [-0.2, 0) is 19.6 Å². The fraction of sp³-hybridized carbons (Fsp3) is 0.600. The Bertz CT molecular complexity index is 1140. The monoisotopic (exact) mass is 473 g/mol. The molecule has 8 heteroatoms. The Balaban J connectivity index is 1.34. The molecule has 0 heterocycles. The highest BCUT2D eigenvalue weighted by Gasteiger charge is 2.58. The minimum Gasteiger partial charge on any atom is -0.504 e. The van der Waals surface area contributed by atoms with Crippen LogP contribution < -0.4 is 5.14 Å². The third kappa shape index (κ3) is 3.71. The maximum atomic E-state index is 12.9.